The number of hydrogen-bond acceptors (Lipinski definition) is 2. The normalized spacial score (nSPS) is 10.3. The van der Waals surface area contributed by atoms with Gasteiger partial charge in [0.25, 0.3) is 5.91 Å². The Morgan fingerprint density at radius 1 is 1.45 bits per heavy atom. The van der Waals surface area contributed by atoms with Gasteiger partial charge < -0.3 is 4.90 Å². The minimum Gasteiger partial charge on any atom is -0.301 e. The second kappa shape index (κ2) is 5.92. The highest BCUT2D eigenvalue weighted by Gasteiger charge is 2.18. The number of amides is 1. The second-order valence-corrected chi connectivity index (χ2v) is 4.93. The van der Waals surface area contributed by atoms with Gasteiger partial charge in [0.1, 0.15) is 0 Å². The van der Waals surface area contributed by atoms with Crippen molar-refractivity contribution in [2.75, 3.05) is 4.90 Å². The van der Waals surface area contributed by atoms with Crippen LogP contribution in [-0.4, -0.2) is 15.7 Å². The van der Waals surface area contributed by atoms with Gasteiger partial charge in [0.2, 0.25) is 0 Å². The topological polar surface area (TPSA) is 38.1 Å². The van der Waals surface area contributed by atoms with E-state index < -0.39 is 0 Å². The molecule has 0 fully saturated rings. The number of carbonyl (C=O) groups excluding carboxylic acids is 1. The van der Waals surface area contributed by atoms with Crippen molar-refractivity contribution in [3.05, 3.63) is 59.4 Å². The molecule has 1 heterocycles. The van der Waals surface area contributed by atoms with Gasteiger partial charge >= 0.3 is 0 Å². The van der Waals surface area contributed by atoms with E-state index in [9.17, 15) is 4.79 Å². The first-order valence-electron chi connectivity index (χ1n) is 6.20. The molecular formula is C15H16ClN3O. The van der Waals surface area contributed by atoms with E-state index in [1.165, 1.54) is 6.08 Å². The summed E-state index contributed by atoms with van der Waals surface area (Å²) >= 11 is 5.87. The van der Waals surface area contributed by atoms with Crippen LogP contribution in [0.3, 0.4) is 0 Å². The van der Waals surface area contributed by atoms with Crippen molar-refractivity contribution in [3.8, 4) is 0 Å². The molecule has 1 aromatic heterocycles. The highest BCUT2D eigenvalue weighted by molar-refractivity contribution is 6.30. The Hall–Kier alpha value is -2.07. The van der Waals surface area contributed by atoms with E-state index in [1.54, 1.807) is 15.8 Å². The van der Waals surface area contributed by atoms with E-state index in [1.807, 2.05) is 38.2 Å². The van der Waals surface area contributed by atoms with Crippen LogP contribution in [0.5, 0.6) is 0 Å². The summed E-state index contributed by atoms with van der Waals surface area (Å²) < 4.78 is 1.74. The molecule has 0 atom stereocenters. The van der Waals surface area contributed by atoms with Gasteiger partial charge in [-0.15, -0.1) is 0 Å². The Balaban J connectivity index is 2.33. The van der Waals surface area contributed by atoms with Gasteiger partial charge in [0.05, 0.1) is 24.1 Å². The molecular weight excluding hydrogens is 274 g/mol. The van der Waals surface area contributed by atoms with Gasteiger partial charge in [0.15, 0.2) is 0 Å². The predicted molar refractivity (Wildman–Crippen MR) is 80.8 cm³/mol. The molecule has 0 radical (unpaired) electrons. The molecule has 0 N–H and O–H groups in total. The summed E-state index contributed by atoms with van der Waals surface area (Å²) in [7, 11) is 1.84. The van der Waals surface area contributed by atoms with Crippen LogP contribution in [0.4, 0.5) is 5.69 Å². The highest BCUT2D eigenvalue weighted by Crippen LogP contribution is 2.22. The maximum absolute atomic E-state index is 12.1. The number of nitrogens with zero attached hydrogens (tertiary/aromatic N) is 3. The zero-order valence-electron chi connectivity index (χ0n) is 11.5. The van der Waals surface area contributed by atoms with Crippen molar-refractivity contribution in [2.45, 2.75) is 13.5 Å². The summed E-state index contributed by atoms with van der Waals surface area (Å²) in [6.07, 6.45) is 3.00. The average Bonchev–Trinajstić information content (AvgIpc) is 2.78. The van der Waals surface area contributed by atoms with Crippen molar-refractivity contribution in [2.24, 2.45) is 7.05 Å². The largest absolute Gasteiger partial charge is 0.301 e. The Bertz CT molecular complexity index is 631. The number of benzene rings is 1. The standard InChI is InChI=1S/C15H16ClN3O/c1-4-15(20)19(14-9-17-18(3)11(14)2)10-12-5-7-13(16)8-6-12/h4-9H,1,10H2,2-3H3. The summed E-state index contributed by atoms with van der Waals surface area (Å²) in [6, 6.07) is 7.42. The molecule has 4 nitrogen and oxygen atoms in total. The first-order chi connectivity index (χ1) is 9.52. The quantitative estimate of drug-likeness (QED) is 0.811. The number of aryl methyl sites for hydroxylation is 1. The fourth-order valence-corrected chi connectivity index (χ4v) is 2.04. The molecule has 0 saturated carbocycles. The van der Waals surface area contributed by atoms with Crippen LogP contribution in [0.2, 0.25) is 5.02 Å². The Kier molecular flexibility index (Phi) is 4.25. The van der Waals surface area contributed by atoms with Gasteiger partial charge in [-0.3, -0.25) is 9.48 Å². The molecule has 0 bridgehead atoms. The van der Waals surface area contributed by atoms with E-state index in [-0.39, 0.29) is 5.91 Å². The minimum absolute atomic E-state index is 0.156. The first-order valence-corrected chi connectivity index (χ1v) is 6.57. The van der Waals surface area contributed by atoms with Gasteiger partial charge in [-0.1, -0.05) is 30.3 Å². The number of rotatable bonds is 4. The lowest BCUT2D eigenvalue weighted by atomic mass is 10.2. The van der Waals surface area contributed by atoms with Gasteiger partial charge in [-0.05, 0) is 30.7 Å². The van der Waals surface area contributed by atoms with E-state index in [2.05, 4.69) is 11.7 Å². The van der Waals surface area contributed by atoms with Crippen LogP contribution in [0.1, 0.15) is 11.3 Å². The Morgan fingerprint density at radius 2 is 2.10 bits per heavy atom. The zero-order valence-corrected chi connectivity index (χ0v) is 12.3. The minimum atomic E-state index is -0.156. The molecule has 0 unspecified atom stereocenters. The predicted octanol–water partition coefficient (Wildman–Crippen LogP) is 3.10. The van der Waals surface area contributed by atoms with Crippen LogP contribution in [-0.2, 0) is 18.4 Å². The lowest BCUT2D eigenvalue weighted by Gasteiger charge is -2.21. The number of carbonyl (C=O) groups is 1. The zero-order chi connectivity index (χ0) is 14.7. The SMILES string of the molecule is C=CC(=O)N(Cc1ccc(Cl)cc1)c1cnn(C)c1C. The number of halogens is 1. The van der Waals surface area contributed by atoms with Crippen LogP contribution in [0.25, 0.3) is 0 Å². The molecule has 0 aliphatic heterocycles. The third-order valence-corrected chi connectivity index (χ3v) is 3.45. The first kappa shape index (κ1) is 14.3. The fourth-order valence-electron chi connectivity index (χ4n) is 1.92. The van der Waals surface area contributed by atoms with E-state index in [0.717, 1.165) is 16.9 Å². The maximum atomic E-state index is 12.1. The molecule has 1 aromatic carbocycles. The Morgan fingerprint density at radius 3 is 2.60 bits per heavy atom. The van der Waals surface area contributed by atoms with E-state index in [0.29, 0.717) is 11.6 Å². The fraction of sp³-hybridized carbons (Fsp3) is 0.200. The molecule has 2 rings (SSSR count). The van der Waals surface area contributed by atoms with Crippen LogP contribution in [0, 0.1) is 6.92 Å². The molecule has 0 saturated heterocycles. The monoisotopic (exact) mass is 289 g/mol. The third kappa shape index (κ3) is 2.91. The molecule has 5 heteroatoms. The lowest BCUT2D eigenvalue weighted by Crippen LogP contribution is -2.29. The molecule has 2 aromatic rings. The van der Waals surface area contributed by atoms with Gasteiger partial charge in [-0.2, -0.15) is 5.10 Å². The number of hydrogen-bond donors (Lipinski definition) is 0. The molecule has 0 aliphatic carbocycles. The maximum Gasteiger partial charge on any atom is 0.250 e. The van der Waals surface area contributed by atoms with Gasteiger partial charge in [-0.25, -0.2) is 0 Å². The summed E-state index contributed by atoms with van der Waals surface area (Å²) in [6.45, 7) is 5.94. The van der Waals surface area contributed by atoms with Crippen molar-refractivity contribution < 1.29 is 4.79 Å². The summed E-state index contributed by atoms with van der Waals surface area (Å²) in [4.78, 5) is 13.7. The molecule has 104 valence electrons. The molecule has 20 heavy (non-hydrogen) atoms. The van der Waals surface area contributed by atoms with Crippen molar-refractivity contribution >= 4 is 23.2 Å². The summed E-state index contributed by atoms with van der Waals surface area (Å²) in [5.74, 6) is -0.156. The van der Waals surface area contributed by atoms with Crippen molar-refractivity contribution in [1.82, 2.24) is 9.78 Å². The summed E-state index contributed by atoms with van der Waals surface area (Å²) in [5.41, 5.74) is 2.70. The van der Waals surface area contributed by atoms with Crippen molar-refractivity contribution in [1.29, 1.82) is 0 Å². The van der Waals surface area contributed by atoms with Crippen LogP contribution >= 0.6 is 11.6 Å². The van der Waals surface area contributed by atoms with Crippen LogP contribution in [0.15, 0.2) is 43.1 Å². The summed E-state index contributed by atoms with van der Waals surface area (Å²) in [5, 5.41) is 4.85. The smallest absolute Gasteiger partial charge is 0.250 e. The van der Waals surface area contributed by atoms with E-state index >= 15 is 0 Å². The Labute approximate surface area is 123 Å². The van der Waals surface area contributed by atoms with Gasteiger partial charge in [0, 0.05) is 12.1 Å². The van der Waals surface area contributed by atoms with E-state index in [4.69, 9.17) is 11.6 Å². The molecule has 0 spiro atoms. The number of anilines is 1. The van der Waals surface area contributed by atoms with Crippen molar-refractivity contribution in [3.63, 3.8) is 0 Å². The lowest BCUT2D eigenvalue weighted by molar-refractivity contribution is -0.114. The third-order valence-electron chi connectivity index (χ3n) is 3.19. The molecule has 1 amide bonds. The average molecular weight is 290 g/mol. The molecule has 0 aliphatic rings. The van der Waals surface area contributed by atoms with Crippen LogP contribution < -0.4 is 4.90 Å². The highest BCUT2D eigenvalue weighted by atomic mass is 35.5. The number of aromatic nitrogens is 2. The second-order valence-electron chi connectivity index (χ2n) is 4.49.